The van der Waals surface area contributed by atoms with E-state index in [1.54, 1.807) is 0 Å². The molecule has 0 spiro atoms. The summed E-state index contributed by atoms with van der Waals surface area (Å²) in [5, 5.41) is 17.7. The maximum Gasteiger partial charge on any atom is 0.164 e. The van der Waals surface area contributed by atoms with Gasteiger partial charge in [0.2, 0.25) is 0 Å². The average Bonchev–Trinajstić information content (AvgIpc) is 3.15. The summed E-state index contributed by atoms with van der Waals surface area (Å²) >= 11 is 0. The number of aryl methyl sites for hydroxylation is 1. The highest BCUT2D eigenvalue weighted by Gasteiger charge is 2.24. The van der Waals surface area contributed by atoms with E-state index in [0.29, 0.717) is 11.9 Å². The molecule has 0 saturated heterocycles. The zero-order chi connectivity index (χ0) is 16.4. The molecule has 1 fully saturated rings. The third-order valence-corrected chi connectivity index (χ3v) is 4.95. The maximum absolute atomic E-state index is 10.7. The number of benzene rings is 1. The van der Waals surface area contributed by atoms with Gasteiger partial charge in [0.15, 0.2) is 11.6 Å². The van der Waals surface area contributed by atoms with Crippen molar-refractivity contribution in [3.63, 3.8) is 0 Å². The highest BCUT2D eigenvalue weighted by molar-refractivity contribution is 5.68. The van der Waals surface area contributed by atoms with Gasteiger partial charge in [-0.1, -0.05) is 43.2 Å². The molecule has 5 heteroatoms. The van der Waals surface area contributed by atoms with Crippen molar-refractivity contribution >= 4 is 11.5 Å². The van der Waals surface area contributed by atoms with Crippen LogP contribution in [0.25, 0.3) is 0 Å². The van der Waals surface area contributed by atoms with Crippen LogP contribution >= 0.6 is 0 Å². The van der Waals surface area contributed by atoms with E-state index in [-0.39, 0.29) is 0 Å². The van der Waals surface area contributed by atoms with Crippen LogP contribution in [0, 0.1) is 0 Å². The number of aliphatic hydroxyl groups is 1. The zero-order valence-electron chi connectivity index (χ0n) is 13.8. The minimum Gasteiger partial charge on any atom is -0.381 e. The molecular formula is C19H24N4O. The summed E-state index contributed by atoms with van der Waals surface area (Å²) in [5.74, 6) is 1.35. The number of nitrogens with zero attached hydrogens (tertiary/aromatic N) is 2. The van der Waals surface area contributed by atoms with Crippen LogP contribution in [0.1, 0.15) is 55.3 Å². The molecule has 2 aromatic rings. The fourth-order valence-corrected chi connectivity index (χ4v) is 3.64. The second kappa shape index (κ2) is 6.77. The van der Waals surface area contributed by atoms with Crippen LogP contribution in [0.15, 0.2) is 30.3 Å². The molecule has 1 unspecified atom stereocenters. The lowest BCUT2D eigenvalue weighted by Gasteiger charge is -2.24. The van der Waals surface area contributed by atoms with E-state index in [0.717, 1.165) is 42.1 Å². The number of nitrogens with one attached hydrogen (secondary N) is 2. The molecule has 1 saturated carbocycles. The molecule has 24 heavy (non-hydrogen) atoms. The first-order valence-corrected chi connectivity index (χ1v) is 8.95. The molecule has 1 aromatic heterocycles. The lowest BCUT2D eigenvalue weighted by Crippen LogP contribution is -2.23. The van der Waals surface area contributed by atoms with Crippen LogP contribution in [-0.4, -0.2) is 27.7 Å². The highest BCUT2D eigenvalue weighted by atomic mass is 16.3. The molecule has 1 aliphatic carbocycles. The van der Waals surface area contributed by atoms with Crippen molar-refractivity contribution in [1.82, 2.24) is 9.97 Å². The number of hydrogen-bond donors (Lipinski definition) is 3. The Labute approximate surface area is 142 Å². The molecule has 5 nitrogen and oxygen atoms in total. The topological polar surface area (TPSA) is 70.1 Å². The largest absolute Gasteiger partial charge is 0.381 e. The van der Waals surface area contributed by atoms with E-state index in [1.807, 2.05) is 30.3 Å². The van der Waals surface area contributed by atoms with Gasteiger partial charge in [0, 0.05) is 12.6 Å². The first kappa shape index (κ1) is 15.4. The number of anilines is 2. The normalized spacial score (nSPS) is 18.7. The van der Waals surface area contributed by atoms with Crippen LogP contribution in [0.2, 0.25) is 0 Å². The summed E-state index contributed by atoms with van der Waals surface area (Å²) in [7, 11) is 0. The minimum atomic E-state index is -0.789. The number of hydrogen-bond acceptors (Lipinski definition) is 5. The van der Waals surface area contributed by atoms with Crippen molar-refractivity contribution in [3.05, 3.63) is 47.4 Å². The van der Waals surface area contributed by atoms with Crippen LogP contribution < -0.4 is 10.6 Å². The van der Waals surface area contributed by atoms with Gasteiger partial charge in [-0.3, -0.25) is 0 Å². The molecule has 0 radical (unpaired) electrons. The lowest BCUT2D eigenvalue weighted by atomic mass is 10.1. The Morgan fingerprint density at radius 2 is 1.88 bits per heavy atom. The van der Waals surface area contributed by atoms with E-state index in [9.17, 15) is 5.11 Å². The number of aromatic nitrogens is 2. The summed E-state index contributed by atoms with van der Waals surface area (Å²) in [5.41, 5.74) is 2.87. The van der Waals surface area contributed by atoms with Gasteiger partial charge in [-0.15, -0.1) is 0 Å². The standard InChI is InChI=1S/C19H24N4O/c24-17(13-7-2-1-3-8-13)19-22-15-11-6-12-20-16(15)18(23-19)21-14-9-4-5-10-14/h1-3,7-8,14,17,20,24H,4-6,9-12H2,(H,21,22,23). The second-order valence-electron chi connectivity index (χ2n) is 6.72. The van der Waals surface area contributed by atoms with Gasteiger partial charge in [0.05, 0.1) is 11.4 Å². The summed E-state index contributed by atoms with van der Waals surface area (Å²) in [6.45, 7) is 0.955. The number of aliphatic hydroxyl groups excluding tert-OH is 1. The molecule has 126 valence electrons. The van der Waals surface area contributed by atoms with Crippen LogP contribution in [0.4, 0.5) is 11.5 Å². The SMILES string of the molecule is OC(c1ccccc1)c1nc2c(c(NC3CCCC3)n1)NCCC2. The van der Waals surface area contributed by atoms with Crippen molar-refractivity contribution in [3.8, 4) is 0 Å². The van der Waals surface area contributed by atoms with Crippen LogP contribution in [0.3, 0.4) is 0 Å². The zero-order valence-corrected chi connectivity index (χ0v) is 13.8. The van der Waals surface area contributed by atoms with Crippen molar-refractivity contribution in [2.75, 3.05) is 17.2 Å². The van der Waals surface area contributed by atoms with E-state index in [1.165, 1.54) is 25.7 Å². The van der Waals surface area contributed by atoms with E-state index in [4.69, 9.17) is 4.98 Å². The molecule has 1 aromatic carbocycles. The summed E-state index contributed by atoms with van der Waals surface area (Å²) < 4.78 is 0. The lowest BCUT2D eigenvalue weighted by molar-refractivity contribution is 0.209. The quantitative estimate of drug-likeness (QED) is 0.805. The van der Waals surface area contributed by atoms with Crippen LogP contribution in [-0.2, 0) is 6.42 Å². The Balaban J connectivity index is 1.69. The molecule has 0 amide bonds. The molecule has 2 aliphatic rings. The third-order valence-electron chi connectivity index (χ3n) is 4.95. The second-order valence-corrected chi connectivity index (χ2v) is 6.72. The Kier molecular flexibility index (Phi) is 4.34. The fraction of sp³-hybridized carbons (Fsp3) is 0.474. The Morgan fingerprint density at radius 3 is 2.67 bits per heavy atom. The van der Waals surface area contributed by atoms with Crippen molar-refractivity contribution < 1.29 is 5.11 Å². The Hall–Kier alpha value is -2.14. The molecule has 1 aliphatic heterocycles. The predicted octanol–water partition coefficient (Wildman–Crippen LogP) is 3.27. The molecule has 1 atom stereocenters. The van der Waals surface area contributed by atoms with Gasteiger partial charge in [-0.25, -0.2) is 9.97 Å². The monoisotopic (exact) mass is 324 g/mol. The van der Waals surface area contributed by atoms with Crippen LogP contribution in [0.5, 0.6) is 0 Å². The number of rotatable bonds is 4. The molecular weight excluding hydrogens is 300 g/mol. The van der Waals surface area contributed by atoms with Gasteiger partial charge in [-0.05, 0) is 31.2 Å². The van der Waals surface area contributed by atoms with E-state index in [2.05, 4.69) is 15.6 Å². The van der Waals surface area contributed by atoms with Gasteiger partial charge in [0.25, 0.3) is 0 Å². The summed E-state index contributed by atoms with van der Waals surface area (Å²) in [4.78, 5) is 9.35. The Bertz CT molecular complexity index is 698. The third kappa shape index (κ3) is 3.08. The molecule has 0 bridgehead atoms. The van der Waals surface area contributed by atoms with Gasteiger partial charge >= 0.3 is 0 Å². The number of fused-ring (bicyclic) bond motifs is 1. The van der Waals surface area contributed by atoms with E-state index >= 15 is 0 Å². The smallest absolute Gasteiger partial charge is 0.164 e. The van der Waals surface area contributed by atoms with Gasteiger partial charge < -0.3 is 15.7 Å². The van der Waals surface area contributed by atoms with Gasteiger partial charge in [0.1, 0.15) is 6.10 Å². The first-order valence-electron chi connectivity index (χ1n) is 8.95. The maximum atomic E-state index is 10.7. The first-order chi connectivity index (χ1) is 11.8. The van der Waals surface area contributed by atoms with Crippen molar-refractivity contribution in [2.24, 2.45) is 0 Å². The summed E-state index contributed by atoms with van der Waals surface area (Å²) in [6, 6.07) is 10.1. The minimum absolute atomic E-state index is 0.481. The average molecular weight is 324 g/mol. The van der Waals surface area contributed by atoms with Crippen molar-refractivity contribution in [1.29, 1.82) is 0 Å². The van der Waals surface area contributed by atoms with E-state index < -0.39 is 6.10 Å². The fourth-order valence-electron chi connectivity index (χ4n) is 3.64. The highest BCUT2D eigenvalue weighted by Crippen LogP contribution is 2.32. The van der Waals surface area contributed by atoms with Crippen molar-refractivity contribution in [2.45, 2.75) is 50.7 Å². The van der Waals surface area contributed by atoms with Gasteiger partial charge in [-0.2, -0.15) is 0 Å². The molecule has 4 rings (SSSR count). The molecule has 2 heterocycles. The summed E-state index contributed by atoms with van der Waals surface area (Å²) in [6.07, 6.45) is 6.13. The Morgan fingerprint density at radius 1 is 1.08 bits per heavy atom. The molecule has 3 N–H and O–H groups in total. The predicted molar refractivity (Wildman–Crippen MR) is 95.2 cm³/mol.